The number of nitrogens with zero attached hydrogens (tertiary/aromatic N) is 1. The molecule has 0 saturated carbocycles. The molecule has 1 heterocycles. The van der Waals surface area contributed by atoms with Gasteiger partial charge in [-0.2, -0.15) is 0 Å². The first-order valence-corrected chi connectivity index (χ1v) is 6.88. The molecule has 1 aliphatic rings. The van der Waals surface area contributed by atoms with Crippen LogP contribution < -0.4 is 0 Å². The van der Waals surface area contributed by atoms with E-state index in [4.69, 9.17) is 0 Å². The molecule has 0 N–H and O–H groups in total. The van der Waals surface area contributed by atoms with Gasteiger partial charge in [0, 0.05) is 24.1 Å². The second kappa shape index (κ2) is 5.53. The van der Waals surface area contributed by atoms with Crippen molar-refractivity contribution in [2.24, 2.45) is 5.92 Å². The largest absolute Gasteiger partial charge is 0.331 e. The molecule has 1 amide bonds. The van der Waals surface area contributed by atoms with Gasteiger partial charge in [0.2, 0.25) is 0 Å². The summed E-state index contributed by atoms with van der Waals surface area (Å²) in [4.78, 5) is 15.9. The number of rotatable bonds is 3. The van der Waals surface area contributed by atoms with Crippen molar-refractivity contribution in [3.05, 3.63) is 59.1 Å². The first kappa shape index (κ1) is 13.1. The fraction of sp³-hybridized carbons (Fsp3) is 0.267. The maximum absolute atomic E-state index is 12.3. The first-order valence-electron chi connectivity index (χ1n) is 5.96. The summed E-state index contributed by atoms with van der Waals surface area (Å²) in [7, 11) is 0. The molecule has 1 aromatic rings. The zero-order chi connectivity index (χ0) is 13.1. The van der Waals surface area contributed by atoms with Gasteiger partial charge in [0.15, 0.2) is 0 Å². The highest BCUT2D eigenvalue weighted by molar-refractivity contribution is 9.11. The molecule has 0 radical (unpaired) electrons. The van der Waals surface area contributed by atoms with Gasteiger partial charge >= 0.3 is 0 Å². The average Bonchev–Trinajstić information content (AvgIpc) is 2.63. The SMILES string of the molecule is C=C[C@H]1/C(=C/Br)C(=O)N(Cc2ccccc2)[C@H]1C. The maximum atomic E-state index is 12.3. The van der Waals surface area contributed by atoms with Crippen LogP contribution in [0.2, 0.25) is 0 Å². The van der Waals surface area contributed by atoms with E-state index < -0.39 is 0 Å². The molecular weight excluding hydrogens is 290 g/mol. The number of benzene rings is 1. The minimum absolute atomic E-state index is 0.0909. The lowest BCUT2D eigenvalue weighted by Crippen LogP contribution is -2.32. The Hall–Kier alpha value is -1.35. The topological polar surface area (TPSA) is 20.3 Å². The molecule has 94 valence electrons. The number of carbonyl (C=O) groups is 1. The summed E-state index contributed by atoms with van der Waals surface area (Å²) in [5, 5.41) is 0. The summed E-state index contributed by atoms with van der Waals surface area (Å²) >= 11 is 3.28. The fourth-order valence-electron chi connectivity index (χ4n) is 2.39. The Kier molecular flexibility index (Phi) is 4.02. The molecule has 0 spiro atoms. The fourth-order valence-corrected chi connectivity index (χ4v) is 2.89. The van der Waals surface area contributed by atoms with Crippen LogP contribution in [0.5, 0.6) is 0 Å². The summed E-state index contributed by atoms with van der Waals surface area (Å²) in [5.41, 5.74) is 1.93. The van der Waals surface area contributed by atoms with Gasteiger partial charge in [0.1, 0.15) is 0 Å². The van der Waals surface area contributed by atoms with Crippen molar-refractivity contribution < 1.29 is 4.79 Å². The van der Waals surface area contributed by atoms with E-state index in [1.807, 2.05) is 41.3 Å². The molecule has 2 atom stereocenters. The van der Waals surface area contributed by atoms with E-state index in [1.165, 1.54) is 0 Å². The molecule has 18 heavy (non-hydrogen) atoms. The molecule has 1 aromatic carbocycles. The molecule has 3 heteroatoms. The first-order chi connectivity index (χ1) is 8.69. The van der Waals surface area contributed by atoms with E-state index in [1.54, 1.807) is 4.99 Å². The Labute approximate surface area is 116 Å². The van der Waals surface area contributed by atoms with Crippen LogP contribution in [0.15, 0.2) is 53.5 Å². The normalized spacial score (nSPS) is 25.8. The number of likely N-dealkylation sites (tertiary alicyclic amines) is 1. The third kappa shape index (κ3) is 2.27. The molecule has 0 aliphatic carbocycles. The summed E-state index contributed by atoms with van der Waals surface area (Å²) in [6.07, 6.45) is 1.85. The maximum Gasteiger partial charge on any atom is 0.251 e. The van der Waals surface area contributed by atoms with Gasteiger partial charge in [0.05, 0.1) is 0 Å². The van der Waals surface area contributed by atoms with Crippen molar-refractivity contribution in [3.63, 3.8) is 0 Å². The lowest BCUT2D eigenvalue weighted by Gasteiger charge is -2.23. The number of carbonyl (C=O) groups excluding carboxylic acids is 1. The van der Waals surface area contributed by atoms with Crippen LogP contribution in [0, 0.1) is 5.92 Å². The summed E-state index contributed by atoms with van der Waals surface area (Å²) in [6.45, 7) is 6.54. The van der Waals surface area contributed by atoms with Crippen molar-refractivity contribution in [3.8, 4) is 0 Å². The molecule has 0 unspecified atom stereocenters. The van der Waals surface area contributed by atoms with Gasteiger partial charge in [-0.25, -0.2) is 0 Å². The smallest absolute Gasteiger partial charge is 0.251 e. The third-order valence-corrected chi connectivity index (χ3v) is 3.94. The Balaban J connectivity index is 2.24. The predicted octanol–water partition coefficient (Wildman–Crippen LogP) is 3.50. The third-order valence-electron chi connectivity index (χ3n) is 3.45. The van der Waals surface area contributed by atoms with Gasteiger partial charge in [0.25, 0.3) is 5.91 Å². The monoisotopic (exact) mass is 305 g/mol. The highest BCUT2D eigenvalue weighted by atomic mass is 79.9. The molecule has 1 saturated heterocycles. The van der Waals surface area contributed by atoms with E-state index >= 15 is 0 Å². The lowest BCUT2D eigenvalue weighted by atomic mass is 9.98. The van der Waals surface area contributed by atoms with E-state index in [2.05, 4.69) is 29.4 Å². The van der Waals surface area contributed by atoms with Crippen molar-refractivity contribution in [2.75, 3.05) is 0 Å². The summed E-state index contributed by atoms with van der Waals surface area (Å²) in [5.74, 6) is 0.189. The van der Waals surface area contributed by atoms with Crippen molar-refractivity contribution in [1.29, 1.82) is 0 Å². The standard InChI is InChI=1S/C15H16BrNO/c1-3-13-11(2)17(15(18)14(13)9-16)10-12-7-5-4-6-8-12/h3-9,11,13H,1,10H2,2H3/b14-9-/t11-,13+/m0/s1. The van der Waals surface area contributed by atoms with E-state index in [-0.39, 0.29) is 17.9 Å². The van der Waals surface area contributed by atoms with Crippen LogP contribution in [-0.2, 0) is 11.3 Å². The summed E-state index contributed by atoms with van der Waals surface area (Å²) in [6, 6.07) is 10.2. The van der Waals surface area contributed by atoms with Crippen molar-refractivity contribution in [2.45, 2.75) is 19.5 Å². The number of halogens is 1. The Bertz CT molecular complexity index is 481. The van der Waals surface area contributed by atoms with Crippen LogP contribution in [0.25, 0.3) is 0 Å². The van der Waals surface area contributed by atoms with Crippen LogP contribution in [0.1, 0.15) is 12.5 Å². The van der Waals surface area contributed by atoms with Gasteiger partial charge in [-0.15, -0.1) is 6.58 Å². The van der Waals surface area contributed by atoms with Gasteiger partial charge in [-0.1, -0.05) is 52.3 Å². The molecule has 1 aliphatic heterocycles. The Morgan fingerprint density at radius 2 is 2.06 bits per heavy atom. The van der Waals surface area contributed by atoms with Crippen molar-refractivity contribution >= 4 is 21.8 Å². The highest BCUT2D eigenvalue weighted by Gasteiger charge is 2.39. The Morgan fingerprint density at radius 3 is 2.56 bits per heavy atom. The molecule has 2 nitrogen and oxygen atoms in total. The van der Waals surface area contributed by atoms with Gasteiger partial charge < -0.3 is 4.90 Å². The highest BCUT2D eigenvalue weighted by Crippen LogP contribution is 2.33. The number of amides is 1. The zero-order valence-electron chi connectivity index (χ0n) is 10.3. The average molecular weight is 306 g/mol. The lowest BCUT2D eigenvalue weighted by molar-refractivity contribution is -0.126. The van der Waals surface area contributed by atoms with Crippen molar-refractivity contribution in [1.82, 2.24) is 4.90 Å². The predicted molar refractivity (Wildman–Crippen MR) is 77.2 cm³/mol. The van der Waals surface area contributed by atoms with E-state index in [0.717, 1.165) is 11.1 Å². The second-order valence-electron chi connectivity index (χ2n) is 4.49. The zero-order valence-corrected chi connectivity index (χ0v) is 11.9. The Morgan fingerprint density at radius 1 is 1.39 bits per heavy atom. The second-order valence-corrected chi connectivity index (χ2v) is 4.94. The molecule has 1 fully saturated rings. The molecule has 0 aromatic heterocycles. The minimum atomic E-state index is 0.0909. The number of hydrogen-bond donors (Lipinski definition) is 0. The van der Waals surface area contributed by atoms with Gasteiger partial charge in [-0.3, -0.25) is 4.79 Å². The van der Waals surface area contributed by atoms with E-state index in [0.29, 0.717) is 6.54 Å². The van der Waals surface area contributed by atoms with Crippen LogP contribution >= 0.6 is 15.9 Å². The van der Waals surface area contributed by atoms with Gasteiger partial charge in [-0.05, 0) is 17.5 Å². The molecular formula is C15H16BrNO. The van der Waals surface area contributed by atoms with E-state index in [9.17, 15) is 4.79 Å². The van der Waals surface area contributed by atoms with Crippen LogP contribution in [0.3, 0.4) is 0 Å². The molecule has 0 bridgehead atoms. The van der Waals surface area contributed by atoms with Crippen LogP contribution in [0.4, 0.5) is 0 Å². The number of hydrogen-bond acceptors (Lipinski definition) is 1. The quantitative estimate of drug-likeness (QED) is 0.618. The summed E-state index contributed by atoms with van der Waals surface area (Å²) < 4.78 is 0. The minimum Gasteiger partial charge on any atom is -0.331 e. The van der Waals surface area contributed by atoms with Crippen LogP contribution in [-0.4, -0.2) is 16.8 Å². The molecule has 2 rings (SSSR count).